The molecule has 6 nitrogen and oxygen atoms in total. The largest absolute Gasteiger partial charge is 0.494 e. The van der Waals surface area contributed by atoms with E-state index in [1.165, 1.54) is 18.2 Å². The summed E-state index contributed by atoms with van der Waals surface area (Å²) >= 11 is 0. The van der Waals surface area contributed by atoms with E-state index in [-0.39, 0.29) is 23.9 Å². The zero-order chi connectivity index (χ0) is 18.5. The Hall–Kier alpha value is -3.22. The van der Waals surface area contributed by atoms with E-state index in [0.717, 1.165) is 11.6 Å². The molecule has 26 heavy (non-hydrogen) atoms. The summed E-state index contributed by atoms with van der Waals surface area (Å²) in [5, 5.41) is 5.04. The number of ether oxygens (including phenoxy) is 1. The summed E-state index contributed by atoms with van der Waals surface area (Å²) in [6.07, 6.45) is 0.142. The number of carbonyl (C=O) groups excluding carboxylic acids is 2. The monoisotopic (exact) mass is 355 g/mol. The van der Waals surface area contributed by atoms with Crippen LogP contribution in [0.5, 0.6) is 5.75 Å². The Balaban J connectivity index is 1.84. The fourth-order valence-electron chi connectivity index (χ4n) is 2.69. The van der Waals surface area contributed by atoms with Gasteiger partial charge in [-0.1, -0.05) is 24.3 Å². The average Bonchev–Trinajstić information content (AvgIpc) is 2.62. The minimum absolute atomic E-state index is 0.0341. The zero-order valence-electron chi connectivity index (χ0n) is 14.2. The molecule has 0 saturated heterocycles. The Kier molecular flexibility index (Phi) is 5.26. The number of amides is 2. The Morgan fingerprint density at radius 2 is 2.12 bits per heavy atom. The van der Waals surface area contributed by atoms with Crippen molar-refractivity contribution < 1.29 is 18.7 Å². The third kappa shape index (κ3) is 4.05. The quantitative estimate of drug-likeness (QED) is 0.885. The molecule has 0 aliphatic carbocycles. The Morgan fingerprint density at radius 1 is 1.31 bits per heavy atom. The molecular weight excluding hydrogens is 337 g/mol. The van der Waals surface area contributed by atoms with E-state index in [1.807, 2.05) is 31.2 Å². The first-order chi connectivity index (χ1) is 12.6. The molecular formula is C19H18FN3O3. The van der Waals surface area contributed by atoms with Gasteiger partial charge in [-0.15, -0.1) is 0 Å². The first-order valence-corrected chi connectivity index (χ1v) is 8.23. The van der Waals surface area contributed by atoms with Crippen LogP contribution in [0.3, 0.4) is 0 Å². The molecule has 1 atom stereocenters. The molecule has 0 radical (unpaired) electrons. The summed E-state index contributed by atoms with van der Waals surface area (Å²) in [4.78, 5) is 28.7. The van der Waals surface area contributed by atoms with Crippen LogP contribution in [0, 0.1) is 5.82 Å². The highest BCUT2D eigenvalue weighted by Crippen LogP contribution is 2.31. The number of nitrogens with one attached hydrogen (secondary N) is 2. The van der Waals surface area contributed by atoms with Crippen molar-refractivity contribution in [1.29, 1.82) is 0 Å². The first kappa shape index (κ1) is 17.6. The Labute approximate surface area is 150 Å². The number of rotatable bonds is 4. The van der Waals surface area contributed by atoms with Crippen LogP contribution in [0.15, 0.2) is 53.5 Å². The van der Waals surface area contributed by atoms with E-state index >= 15 is 0 Å². The lowest BCUT2D eigenvalue weighted by Crippen LogP contribution is -2.47. The summed E-state index contributed by atoms with van der Waals surface area (Å²) in [6, 6.07) is 12.1. The molecule has 0 fully saturated rings. The zero-order valence-corrected chi connectivity index (χ0v) is 14.2. The van der Waals surface area contributed by atoms with Crippen molar-refractivity contribution in [1.82, 2.24) is 10.6 Å². The maximum absolute atomic E-state index is 13.3. The van der Waals surface area contributed by atoms with E-state index < -0.39 is 17.8 Å². The Morgan fingerprint density at radius 3 is 2.88 bits per heavy atom. The lowest BCUT2D eigenvalue weighted by atomic mass is 10.0. The molecule has 2 aromatic carbocycles. The van der Waals surface area contributed by atoms with Gasteiger partial charge in [-0.05, 0) is 31.2 Å². The minimum Gasteiger partial charge on any atom is -0.494 e. The second kappa shape index (κ2) is 7.77. The lowest BCUT2D eigenvalue weighted by molar-refractivity contribution is -0.120. The molecule has 2 aromatic rings. The third-order valence-electron chi connectivity index (χ3n) is 3.82. The highest BCUT2D eigenvalue weighted by molar-refractivity contribution is 6.10. The van der Waals surface area contributed by atoms with Crippen molar-refractivity contribution in [2.75, 3.05) is 6.61 Å². The highest BCUT2D eigenvalue weighted by atomic mass is 19.1. The number of benzene rings is 2. The van der Waals surface area contributed by atoms with Crippen LogP contribution < -0.4 is 15.4 Å². The normalized spacial score (nSPS) is 16.5. The number of para-hydroxylation sites is 1. The van der Waals surface area contributed by atoms with Gasteiger partial charge in [0.05, 0.1) is 19.1 Å². The van der Waals surface area contributed by atoms with Crippen molar-refractivity contribution >= 4 is 17.8 Å². The van der Waals surface area contributed by atoms with E-state index in [9.17, 15) is 14.0 Å². The molecule has 134 valence electrons. The van der Waals surface area contributed by atoms with Crippen molar-refractivity contribution in [3.63, 3.8) is 0 Å². The molecule has 0 saturated carbocycles. The van der Waals surface area contributed by atoms with Gasteiger partial charge in [0.25, 0.3) is 5.91 Å². The third-order valence-corrected chi connectivity index (χ3v) is 3.82. The number of nitrogens with zero attached hydrogens (tertiary/aromatic N) is 1. The van der Waals surface area contributed by atoms with Crippen molar-refractivity contribution in [2.24, 2.45) is 4.99 Å². The Bertz CT molecular complexity index is 867. The lowest BCUT2D eigenvalue weighted by Gasteiger charge is -2.23. The molecule has 2 N–H and O–H groups in total. The molecule has 3 rings (SSSR count). The smallest absolute Gasteiger partial charge is 0.258 e. The summed E-state index contributed by atoms with van der Waals surface area (Å²) in [5.74, 6) is -0.662. The van der Waals surface area contributed by atoms with Gasteiger partial charge in [-0.3, -0.25) is 20.2 Å². The van der Waals surface area contributed by atoms with E-state index in [1.54, 1.807) is 0 Å². The molecule has 2 amide bonds. The summed E-state index contributed by atoms with van der Waals surface area (Å²) in [7, 11) is 0. The number of carbonyl (C=O) groups is 2. The van der Waals surface area contributed by atoms with Crippen LogP contribution in [0.2, 0.25) is 0 Å². The van der Waals surface area contributed by atoms with Gasteiger partial charge in [0, 0.05) is 11.1 Å². The average molecular weight is 355 g/mol. The molecule has 1 aliphatic heterocycles. The maximum Gasteiger partial charge on any atom is 0.258 e. The molecule has 1 heterocycles. The summed E-state index contributed by atoms with van der Waals surface area (Å²) in [5.41, 5.74) is 0.903. The van der Waals surface area contributed by atoms with Gasteiger partial charge >= 0.3 is 0 Å². The number of hydrogen-bond acceptors (Lipinski definition) is 4. The van der Waals surface area contributed by atoms with Gasteiger partial charge in [0.15, 0.2) is 0 Å². The van der Waals surface area contributed by atoms with Crippen LogP contribution >= 0.6 is 0 Å². The van der Waals surface area contributed by atoms with Gasteiger partial charge in [-0.2, -0.15) is 0 Å². The molecule has 1 unspecified atom stereocenters. The van der Waals surface area contributed by atoms with Gasteiger partial charge in [-0.25, -0.2) is 9.38 Å². The summed E-state index contributed by atoms with van der Waals surface area (Å²) < 4.78 is 18.9. The number of aliphatic imine (C=N–C) groups is 1. The SMILES string of the molecule is CCOc1ccccc1C1CC(=O)NC(NC(=O)c2cccc(F)c2)=N1. The topological polar surface area (TPSA) is 79.8 Å². The van der Waals surface area contributed by atoms with Crippen LogP contribution in [-0.4, -0.2) is 24.4 Å². The van der Waals surface area contributed by atoms with E-state index in [2.05, 4.69) is 15.6 Å². The number of hydrogen-bond donors (Lipinski definition) is 2. The second-order valence-electron chi connectivity index (χ2n) is 5.68. The first-order valence-electron chi connectivity index (χ1n) is 8.23. The highest BCUT2D eigenvalue weighted by Gasteiger charge is 2.26. The number of guanidine groups is 1. The van der Waals surface area contributed by atoms with Gasteiger partial charge in [0.2, 0.25) is 11.9 Å². The van der Waals surface area contributed by atoms with Crippen LogP contribution in [0.25, 0.3) is 0 Å². The fourth-order valence-corrected chi connectivity index (χ4v) is 2.69. The van der Waals surface area contributed by atoms with Crippen molar-refractivity contribution in [3.8, 4) is 5.75 Å². The molecule has 1 aliphatic rings. The van der Waals surface area contributed by atoms with Gasteiger partial charge in [0.1, 0.15) is 11.6 Å². The van der Waals surface area contributed by atoms with Crippen LogP contribution in [0.4, 0.5) is 4.39 Å². The summed E-state index contributed by atoms with van der Waals surface area (Å²) in [6.45, 7) is 2.36. The fraction of sp³-hybridized carbons (Fsp3) is 0.211. The van der Waals surface area contributed by atoms with Crippen molar-refractivity contribution in [2.45, 2.75) is 19.4 Å². The number of halogens is 1. The van der Waals surface area contributed by atoms with E-state index in [0.29, 0.717) is 12.4 Å². The van der Waals surface area contributed by atoms with Crippen LogP contribution in [0.1, 0.15) is 35.3 Å². The molecule has 0 aromatic heterocycles. The predicted octanol–water partition coefficient (Wildman–Crippen LogP) is 2.57. The van der Waals surface area contributed by atoms with Gasteiger partial charge < -0.3 is 4.74 Å². The second-order valence-corrected chi connectivity index (χ2v) is 5.68. The maximum atomic E-state index is 13.3. The molecule has 7 heteroatoms. The van der Waals surface area contributed by atoms with Crippen molar-refractivity contribution in [3.05, 3.63) is 65.5 Å². The minimum atomic E-state index is -0.553. The standard InChI is InChI=1S/C19H18FN3O3/c1-2-26-16-9-4-3-8-14(16)15-11-17(24)22-19(21-15)23-18(25)12-6-5-7-13(20)10-12/h3-10,15H,2,11H2,1H3,(H2,21,22,23,24,25). The molecule has 0 bridgehead atoms. The van der Waals surface area contributed by atoms with Crippen LogP contribution in [-0.2, 0) is 4.79 Å². The molecule has 0 spiro atoms. The predicted molar refractivity (Wildman–Crippen MR) is 94.4 cm³/mol. The van der Waals surface area contributed by atoms with E-state index in [4.69, 9.17) is 4.74 Å².